The van der Waals surface area contributed by atoms with Gasteiger partial charge in [-0.25, -0.2) is 0 Å². The molecule has 1 aliphatic rings. The molecule has 0 bridgehead atoms. The molecule has 0 spiro atoms. The Morgan fingerprint density at radius 2 is 1.32 bits per heavy atom. The van der Waals surface area contributed by atoms with Gasteiger partial charge in [-0.2, -0.15) is 0 Å². The number of ether oxygens (including phenoxy) is 3. The van der Waals surface area contributed by atoms with E-state index in [-0.39, 0.29) is 24.8 Å². The zero-order chi connectivity index (χ0) is 22.0. The molecule has 5 nitrogen and oxygen atoms in total. The maximum Gasteiger partial charge on any atom is 0.146 e. The van der Waals surface area contributed by atoms with Crippen LogP contribution in [-0.2, 0) is 11.3 Å². The van der Waals surface area contributed by atoms with E-state index in [0.717, 1.165) is 37.7 Å². The molecule has 34 heavy (non-hydrogen) atoms. The zero-order valence-electron chi connectivity index (χ0n) is 19.6. The summed E-state index contributed by atoms with van der Waals surface area (Å²) in [5.74, 6) is 1.83. The molecule has 1 aliphatic heterocycles. The van der Waals surface area contributed by atoms with Crippen molar-refractivity contribution in [1.29, 1.82) is 0 Å². The van der Waals surface area contributed by atoms with E-state index in [0.29, 0.717) is 25.9 Å². The number of methoxy groups -OCH3 is 1. The highest BCUT2D eigenvalue weighted by molar-refractivity contribution is 5.35. The van der Waals surface area contributed by atoms with Crippen LogP contribution in [0.1, 0.15) is 5.56 Å². The molecule has 1 fully saturated rings. The maximum absolute atomic E-state index is 6.14. The van der Waals surface area contributed by atoms with Gasteiger partial charge in [0, 0.05) is 12.1 Å². The highest BCUT2D eigenvalue weighted by Gasteiger charge is 2.31. The van der Waals surface area contributed by atoms with Gasteiger partial charge in [0.2, 0.25) is 0 Å². The van der Waals surface area contributed by atoms with Crippen LogP contribution in [-0.4, -0.2) is 52.5 Å². The first-order valence-electron chi connectivity index (χ1n) is 11.4. The average molecular weight is 505 g/mol. The van der Waals surface area contributed by atoms with E-state index in [1.54, 1.807) is 12.0 Å². The molecule has 1 heterocycles. The van der Waals surface area contributed by atoms with E-state index in [9.17, 15) is 0 Å². The molecule has 1 unspecified atom stereocenters. The topological polar surface area (TPSA) is 36.6 Å². The highest BCUT2D eigenvalue weighted by atomic mass is 35.5. The number of halogens is 2. The maximum atomic E-state index is 6.14. The van der Waals surface area contributed by atoms with Crippen LogP contribution in [0.3, 0.4) is 0 Å². The molecule has 0 saturated carbocycles. The van der Waals surface area contributed by atoms with Gasteiger partial charge < -0.3 is 43.9 Å². The van der Waals surface area contributed by atoms with E-state index in [4.69, 9.17) is 14.2 Å². The van der Waals surface area contributed by atoms with E-state index in [2.05, 4.69) is 48.5 Å². The number of hydrogen-bond donors (Lipinski definition) is 2. The summed E-state index contributed by atoms with van der Waals surface area (Å²) >= 11 is 0. The lowest BCUT2D eigenvalue weighted by atomic mass is 10.2. The molecule has 0 amide bonds. The van der Waals surface area contributed by atoms with E-state index < -0.39 is 0 Å². The lowest BCUT2D eigenvalue weighted by Gasteiger charge is -2.34. The van der Waals surface area contributed by atoms with Gasteiger partial charge >= 0.3 is 0 Å². The second kappa shape index (κ2) is 14.9. The molecule has 0 aromatic heterocycles. The summed E-state index contributed by atoms with van der Waals surface area (Å²) in [6.07, 6.45) is 0. The van der Waals surface area contributed by atoms with Gasteiger partial charge in [0.05, 0.1) is 13.7 Å². The van der Waals surface area contributed by atoms with E-state index >= 15 is 0 Å². The molecule has 3 aromatic carbocycles. The number of para-hydroxylation sites is 1. The Morgan fingerprint density at radius 3 is 1.94 bits per heavy atom. The Balaban J connectivity index is 0.00000204. The van der Waals surface area contributed by atoms with Gasteiger partial charge in [0.15, 0.2) is 0 Å². The fourth-order valence-electron chi connectivity index (χ4n) is 4.29. The number of rotatable bonds is 10. The summed E-state index contributed by atoms with van der Waals surface area (Å²) in [6, 6.07) is 29.2. The molecule has 3 aromatic rings. The van der Waals surface area contributed by atoms with Gasteiger partial charge in [-0.1, -0.05) is 48.5 Å². The molecule has 0 aliphatic carbocycles. The molecule has 0 radical (unpaired) electrons. The first kappa shape index (κ1) is 28.0. The minimum absolute atomic E-state index is 0. The van der Waals surface area contributed by atoms with Crippen LogP contribution < -0.4 is 44.1 Å². The fraction of sp³-hybridized carbons (Fsp3) is 0.333. The van der Waals surface area contributed by atoms with Gasteiger partial charge in [-0.15, -0.1) is 0 Å². The smallest absolute Gasteiger partial charge is 0.146 e. The monoisotopic (exact) mass is 504 g/mol. The predicted molar refractivity (Wildman–Crippen MR) is 126 cm³/mol. The molecule has 7 heteroatoms. The lowest BCUT2D eigenvalue weighted by molar-refractivity contribution is -1.00. The third-order valence-corrected chi connectivity index (χ3v) is 6.20. The van der Waals surface area contributed by atoms with Crippen molar-refractivity contribution < 1.29 is 48.8 Å². The SMILES string of the molecule is COc1ccc([NH+]2CC[NH+](C(COCc3ccccc3)COc3ccccc3)CC2)cc1.[Cl-].[Cl-]. The van der Waals surface area contributed by atoms with E-state index in [1.807, 2.05) is 36.4 Å². The van der Waals surface area contributed by atoms with Crippen LogP contribution >= 0.6 is 0 Å². The largest absolute Gasteiger partial charge is 1.00 e. The van der Waals surface area contributed by atoms with E-state index in [1.165, 1.54) is 16.2 Å². The normalized spacial score (nSPS) is 18.1. The van der Waals surface area contributed by atoms with Crippen molar-refractivity contribution in [2.75, 3.05) is 46.5 Å². The van der Waals surface area contributed by atoms with Crippen molar-refractivity contribution in [3.63, 3.8) is 0 Å². The van der Waals surface area contributed by atoms with Crippen LogP contribution in [0.15, 0.2) is 84.9 Å². The third-order valence-electron chi connectivity index (χ3n) is 6.20. The third kappa shape index (κ3) is 8.19. The molecule has 1 saturated heterocycles. The number of benzene rings is 3. The van der Waals surface area contributed by atoms with Crippen LogP contribution in [0.2, 0.25) is 0 Å². The van der Waals surface area contributed by atoms with Crippen LogP contribution in [0.4, 0.5) is 5.69 Å². The summed E-state index contributed by atoms with van der Waals surface area (Å²) in [5.41, 5.74) is 2.54. The van der Waals surface area contributed by atoms with Crippen molar-refractivity contribution in [3.8, 4) is 11.5 Å². The number of nitrogens with one attached hydrogen (secondary N) is 2. The van der Waals surface area contributed by atoms with Gasteiger partial charge in [0.25, 0.3) is 0 Å². The van der Waals surface area contributed by atoms with Crippen molar-refractivity contribution in [2.45, 2.75) is 12.6 Å². The van der Waals surface area contributed by atoms with Crippen molar-refractivity contribution in [1.82, 2.24) is 0 Å². The standard InChI is InChI=1S/C27H32N2O3.2ClH/c1-30-26-14-12-24(13-15-26)28-16-18-29(19-17-28)25(22-32-27-10-6-3-7-11-27)21-31-20-23-8-4-2-5-9-23;;/h2-15,25H,16-22H2,1H3;2*1H. The summed E-state index contributed by atoms with van der Waals surface area (Å²) in [5, 5.41) is 0. The van der Waals surface area contributed by atoms with Crippen molar-refractivity contribution in [3.05, 3.63) is 90.5 Å². The van der Waals surface area contributed by atoms with Gasteiger partial charge in [0.1, 0.15) is 62.6 Å². The van der Waals surface area contributed by atoms with Crippen LogP contribution in [0.25, 0.3) is 0 Å². The second-order valence-corrected chi connectivity index (χ2v) is 8.31. The Hall–Kier alpha value is -2.28. The first-order valence-corrected chi connectivity index (χ1v) is 11.4. The quantitative estimate of drug-likeness (QED) is 0.294. The molecule has 2 N–H and O–H groups in total. The lowest BCUT2D eigenvalue weighted by Crippen LogP contribution is -3.28. The first-order chi connectivity index (χ1) is 15.8. The highest BCUT2D eigenvalue weighted by Crippen LogP contribution is 2.12. The van der Waals surface area contributed by atoms with Gasteiger partial charge in [-0.05, 0) is 29.8 Å². The van der Waals surface area contributed by atoms with Crippen LogP contribution in [0.5, 0.6) is 11.5 Å². The number of quaternary nitrogens is 2. The predicted octanol–water partition coefficient (Wildman–Crippen LogP) is -4.22. The Morgan fingerprint density at radius 1 is 0.706 bits per heavy atom. The minimum Gasteiger partial charge on any atom is -1.00 e. The molecule has 1 atom stereocenters. The Labute approximate surface area is 215 Å². The minimum atomic E-state index is 0. The zero-order valence-corrected chi connectivity index (χ0v) is 21.1. The Bertz CT molecular complexity index is 922. The van der Waals surface area contributed by atoms with Crippen molar-refractivity contribution in [2.24, 2.45) is 0 Å². The summed E-state index contributed by atoms with van der Waals surface area (Å²) in [7, 11) is 1.71. The fourth-order valence-corrected chi connectivity index (χ4v) is 4.29. The molecule has 4 rings (SSSR count). The number of hydrogen-bond acceptors (Lipinski definition) is 3. The summed E-state index contributed by atoms with van der Waals surface area (Å²) < 4.78 is 17.6. The van der Waals surface area contributed by atoms with Crippen LogP contribution in [0, 0.1) is 0 Å². The molecular weight excluding hydrogens is 471 g/mol. The Kier molecular flexibility index (Phi) is 12.2. The average Bonchev–Trinajstić information content (AvgIpc) is 2.87. The molecule has 184 valence electrons. The number of piperazine rings is 1. The van der Waals surface area contributed by atoms with Crippen molar-refractivity contribution >= 4 is 5.69 Å². The molecular formula is C27H34Cl2N2O3. The summed E-state index contributed by atoms with van der Waals surface area (Å²) in [6.45, 7) is 6.38. The second-order valence-electron chi connectivity index (χ2n) is 8.31. The van der Waals surface area contributed by atoms with Gasteiger partial charge in [-0.3, -0.25) is 4.90 Å². The summed E-state index contributed by atoms with van der Waals surface area (Å²) in [4.78, 5) is 3.09.